The van der Waals surface area contributed by atoms with Gasteiger partial charge in [0.15, 0.2) is 5.71 Å². The van der Waals surface area contributed by atoms with Crippen LogP contribution in [-0.2, 0) is 4.84 Å². The monoisotopic (exact) mass is 507 g/mol. The zero-order valence-electron chi connectivity index (χ0n) is 21.5. The maximum Gasteiger partial charge on any atom is 0.437 e. The number of halogens is 3. The molecule has 5 nitrogen and oxygen atoms in total. The molecule has 0 heterocycles. The summed E-state index contributed by atoms with van der Waals surface area (Å²) in [6, 6.07) is 9.68. The minimum atomic E-state index is -4.59. The third-order valence-corrected chi connectivity index (χ3v) is 5.40. The summed E-state index contributed by atoms with van der Waals surface area (Å²) in [4.78, 5) is 4.32. The van der Waals surface area contributed by atoms with Crippen molar-refractivity contribution in [3.8, 4) is 17.2 Å². The Balaban J connectivity index is 1.62. The largest absolute Gasteiger partial charge is 0.494 e. The first-order valence-corrected chi connectivity index (χ1v) is 12.2. The van der Waals surface area contributed by atoms with Crippen molar-refractivity contribution in [3.05, 3.63) is 65.2 Å². The van der Waals surface area contributed by atoms with E-state index in [1.165, 1.54) is 24.3 Å². The molecule has 0 aromatic heterocycles. The highest BCUT2D eigenvalue weighted by Gasteiger charge is 2.37. The summed E-state index contributed by atoms with van der Waals surface area (Å²) in [5.41, 5.74) is 0.988. The van der Waals surface area contributed by atoms with Gasteiger partial charge in [-0.2, -0.15) is 13.2 Å². The number of allylic oxidation sites excluding steroid dienone is 1. The molecule has 0 aliphatic heterocycles. The highest BCUT2D eigenvalue weighted by Crippen LogP contribution is 2.29. The van der Waals surface area contributed by atoms with E-state index < -0.39 is 11.9 Å². The van der Waals surface area contributed by atoms with Crippen LogP contribution in [0, 0.1) is 13.8 Å². The molecule has 2 aromatic rings. The van der Waals surface area contributed by atoms with Crippen molar-refractivity contribution >= 4 is 5.71 Å². The van der Waals surface area contributed by atoms with Crippen LogP contribution >= 0.6 is 0 Å². The average Bonchev–Trinajstić information content (AvgIpc) is 2.83. The first-order chi connectivity index (χ1) is 17.3. The van der Waals surface area contributed by atoms with Crippen molar-refractivity contribution < 1.29 is 32.2 Å². The van der Waals surface area contributed by atoms with Crippen molar-refractivity contribution in [2.45, 2.75) is 59.1 Å². The van der Waals surface area contributed by atoms with Gasteiger partial charge in [0.25, 0.3) is 0 Å². The van der Waals surface area contributed by atoms with Gasteiger partial charge in [-0.25, -0.2) is 0 Å². The van der Waals surface area contributed by atoms with Gasteiger partial charge in [-0.15, -0.1) is 0 Å². The molecule has 36 heavy (non-hydrogen) atoms. The summed E-state index contributed by atoms with van der Waals surface area (Å²) in [5, 5.41) is 3.09. The minimum absolute atomic E-state index is 0.0713. The van der Waals surface area contributed by atoms with Crippen LogP contribution in [0.5, 0.6) is 17.2 Å². The van der Waals surface area contributed by atoms with Crippen LogP contribution in [0.25, 0.3) is 0 Å². The normalized spacial score (nSPS) is 12.1. The molecule has 198 valence electrons. The number of hydrogen-bond donors (Lipinski definition) is 0. The molecule has 0 N–H and O–H groups in total. The number of nitrogens with zero attached hydrogens (tertiary/aromatic N) is 1. The third-order valence-electron chi connectivity index (χ3n) is 5.40. The van der Waals surface area contributed by atoms with Gasteiger partial charge in [-0.3, -0.25) is 0 Å². The topological polar surface area (TPSA) is 49.3 Å². The molecule has 0 radical (unpaired) electrons. The molecule has 2 aromatic carbocycles. The Morgan fingerprint density at radius 1 is 0.833 bits per heavy atom. The van der Waals surface area contributed by atoms with Gasteiger partial charge in [-0.1, -0.05) is 36.6 Å². The highest BCUT2D eigenvalue weighted by molar-refractivity contribution is 6.04. The molecule has 0 saturated carbocycles. The zero-order chi connectivity index (χ0) is 26.4. The van der Waals surface area contributed by atoms with E-state index in [9.17, 15) is 13.2 Å². The van der Waals surface area contributed by atoms with Crippen LogP contribution in [0.1, 0.15) is 55.7 Å². The fourth-order valence-corrected chi connectivity index (χ4v) is 3.63. The minimum Gasteiger partial charge on any atom is -0.494 e. The molecule has 0 fully saturated rings. The van der Waals surface area contributed by atoms with E-state index in [0.29, 0.717) is 25.6 Å². The summed E-state index contributed by atoms with van der Waals surface area (Å²) in [6.07, 6.45) is 4.29. The van der Waals surface area contributed by atoms with Crippen LogP contribution in [0.2, 0.25) is 0 Å². The van der Waals surface area contributed by atoms with E-state index in [1.54, 1.807) is 0 Å². The fraction of sp³-hybridized carbons (Fsp3) is 0.464. The summed E-state index contributed by atoms with van der Waals surface area (Å²) >= 11 is 0. The van der Waals surface area contributed by atoms with Crippen molar-refractivity contribution in [1.29, 1.82) is 0 Å². The van der Waals surface area contributed by atoms with Crippen LogP contribution in [0.15, 0.2) is 53.7 Å². The van der Waals surface area contributed by atoms with E-state index in [4.69, 9.17) is 14.2 Å². The Bertz CT molecular complexity index is 962. The van der Waals surface area contributed by atoms with Gasteiger partial charge in [0.05, 0.1) is 13.2 Å². The van der Waals surface area contributed by atoms with Crippen LogP contribution in [-0.4, -0.2) is 38.8 Å². The number of oxime groups is 1. The number of alkyl halides is 3. The van der Waals surface area contributed by atoms with Gasteiger partial charge in [0.1, 0.15) is 31.0 Å². The van der Waals surface area contributed by atoms with Crippen molar-refractivity contribution in [3.63, 3.8) is 0 Å². The quantitative estimate of drug-likeness (QED) is 0.108. The molecule has 0 spiro atoms. The molecule has 0 aliphatic rings. The lowest BCUT2D eigenvalue weighted by atomic mass is 10.1. The van der Waals surface area contributed by atoms with Crippen molar-refractivity contribution in [1.82, 2.24) is 0 Å². The molecule has 2 rings (SSSR count). The fourth-order valence-electron chi connectivity index (χ4n) is 3.63. The number of hydrogen-bond acceptors (Lipinski definition) is 5. The summed E-state index contributed by atoms with van der Waals surface area (Å²) in [6.45, 7) is 7.75. The van der Waals surface area contributed by atoms with Gasteiger partial charge in [0.2, 0.25) is 0 Å². The maximum absolute atomic E-state index is 13.0. The Morgan fingerprint density at radius 3 is 1.97 bits per heavy atom. The predicted molar refractivity (Wildman–Crippen MR) is 136 cm³/mol. The Kier molecular flexibility index (Phi) is 12.2. The van der Waals surface area contributed by atoms with Gasteiger partial charge >= 0.3 is 6.18 Å². The van der Waals surface area contributed by atoms with E-state index >= 15 is 0 Å². The second-order valence-corrected chi connectivity index (χ2v) is 8.38. The first kappa shape index (κ1) is 29.1. The summed E-state index contributed by atoms with van der Waals surface area (Å²) in [5.74, 6) is 2.29. The molecular weight excluding hydrogens is 471 g/mol. The second-order valence-electron chi connectivity index (χ2n) is 8.38. The third kappa shape index (κ3) is 9.84. The van der Waals surface area contributed by atoms with Gasteiger partial charge in [0, 0.05) is 5.56 Å². The number of rotatable bonds is 15. The zero-order valence-corrected chi connectivity index (χ0v) is 21.5. The molecule has 0 aliphatic carbocycles. The van der Waals surface area contributed by atoms with Crippen LogP contribution in [0.4, 0.5) is 13.2 Å². The standard InChI is InChI=1S/C28H36F3NO4/c1-5-6-16-35-25-19-21(2)26(22(3)20-25)36-18-11-9-7-8-10-17-34-24-14-12-23(13-15-24)27(32-33-4)28(29,30)31/h5-6,12-15,19-20H,7-11,16-18H2,1-4H3/b6-5+,32-27-. The second kappa shape index (κ2) is 15.1. The van der Waals surface area contributed by atoms with Crippen molar-refractivity contribution in [2.24, 2.45) is 5.16 Å². The summed E-state index contributed by atoms with van der Waals surface area (Å²) in [7, 11) is 1.08. The molecular formula is C28H36F3NO4. The number of benzene rings is 2. The highest BCUT2D eigenvalue weighted by atomic mass is 19.4. The average molecular weight is 508 g/mol. The Morgan fingerprint density at radius 2 is 1.42 bits per heavy atom. The SMILES string of the molecule is C/C=C/COc1cc(C)c(OCCCCCCCOc2ccc(/C(=N/OC)C(F)(F)F)cc2)c(C)c1. The number of unbranched alkanes of at least 4 members (excludes halogenated alkanes) is 4. The van der Waals surface area contributed by atoms with Crippen molar-refractivity contribution in [2.75, 3.05) is 26.9 Å². The van der Waals surface area contributed by atoms with Gasteiger partial charge in [-0.05, 0) is 81.1 Å². The van der Waals surface area contributed by atoms with Crippen LogP contribution < -0.4 is 14.2 Å². The molecule has 0 amide bonds. The Labute approximate surface area is 211 Å². The van der Waals surface area contributed by atoms with E-state index in [0.717, 1.165) is 61.8 Å². The van der Waals surface area contributed by atoms with Crippen LogP contribution in [0.3, 0.4) is 0 Å². The number of ether oxygens (including phenoxy) is 3. The summed E-state index contributed by atoms with van der Waals surface area (Å²) < 4.78 is 56.4. The molecule has 8 heteroatoms. The lowest BCUT2D eigenvalue weighted by Gasteiger charge is -2.14. The predicted octanol–water partition coefficient (Wildman–Crippen LogP) is 7.58. The molecule has 0 atom stereocenters. The molecule has 0 saturated heterocycles. The Hall–Kier alpha value is -3.16. The van der Waals surface area contributed by atoms with E-state index in [2.05, 4.69) is 9.99 Å². The maximum atomic E-state index is 13.0. The first-order valence-electron chi connectivity index (χ1n) is 12.2. The lowest BCUT2D eigenvalue weighted by molar-refractivity contribution is -0.0608. The van der Waals surface area contributed by atoms with Gasteiger partial charge < -0.3 is 19.0 Å². The molecule has 0 bridgehead atoms. The van der Waals surface area contributed by atoms with E-state index in [1.807, 2.05) is 45.1 Å². The lowest BCUT2D eigenvalue weighted by Crippen LogP contribution is -2.24. The van der Waals surface area contributed by atoms with E-state index in [-0.39, 0.29) is 5.56 Å². The smallest absolute Gasteiger partial charge is 0.437 e. The number of aryl methyl sites for hydroxylation is 2. The molecule has 0 unspecified atom stereocenters.